The minimum Gasteiger partial charge on any atom is -0.329 e. The number of anilines is 1. The topological polar surface area (TPSA) is 55.9 Å². The van der Waals surface area contributed by atoms with Gasteiger partial charge in [-0.05, 0) is 60.5 Å². The molecule has 3 heterocycles. The van der Waals surface area contributed by atoms with E-state index < -0.39 is 12.4 Å². The van der Waals surface area contributed by atoms with E-state index >= 15 is 0 Å². The van der Waals surface area contributed by atoms with Crippen molar-refractivity contribution < 1.29 is 12.3 Å². The lowest BCUT2D eigenvalue weighted by molar-refractivity contribution is -0.122. The van der Waals surface area contributed by atoms with E-state index in [1.165, 1.54) is 5.56 Å². The molecule has 36 heavy (non-hydrogen) atoms. The third-order valence-corrected chi connectivity index (χ3v) is 7.60. The second kappa shape index (κ2) is 9.19. The number of piperidine rings is 1. The maximum atomic E-state index is 13.5. The van der Waals surface area contributed by atoms with Crippen LogP contribution in [0.25, 0.3) is 10.8 Å². The number of hydrogen-bond donors (Lipinski definition) is 1. The van der Waals surface area contributed by atoms with Crippen LogP contribution in [0.2, 0.25) is 0 Å². The Morgan fingerprint density at radius 2 is 1.75 bits per heavy atom. The molecule has 3 aromatic rings. The van der Waals surface area contributed by atoms with Crippen molar-refractivity contribution in [2.75, 3.05) is 38.1 Å². The molecule has 3 aliphatic rings. The molecule has 6 heteroatoms. The lowest BCUT2D eigenvalue weighted by Crippen LogP contribution is -2.51. The summed E-state index contributed by atoms with van der Waals surface area (Å²) in [7, 11) is 2.14. The molecule has 3 aromatic carbocycles. The van der Waals surface area contributed by atoms with E-state index in [1.54, 1.807) is 29.2 Å². The van der Waals surface area contributed by atoms with Gasteiger partial charge in [-0.2, -0.15) is 0 Å². The van der Waals surface area contributed by atoms with Gasteiger partial charge >= 0.3 is 0 Å². The first kappa shape index (κ1) is 20.7. The fraction of sp³-hybridized carbons (Fsp3) is 0.333. The van der Waals surface area contributed by atoms with Crippen LogP contribution in [0.1, 0.15) is 42.6 Å². The quantitative estimate of drug-likeness (QED) is 0.599. The highest BCUT2D eigenvalue weighted by Gasteiger charge is 2.39. The number of hydrogen-bond acceptors (Lipinski definition) is 4. The summed E-state index contributed by atoms with van der Waals surface area (Å²) in [6.45, 7) is 8.90. The van der Waals surface area contributed by atoms with Gasteiger partial charge < -0.3 is 10.2 Å². The van der Waals surface area contributed by atoms with Crippen molar-refractivity contribution in [3.8, 4) is 0 Å². The zero-order valence-electron chi connectivity index (χ0n) is 22.6. The van der Waals surface area contributed by atoms with Gasteiger partial charge in [0, 0.05) is 52.1 Å². The van der Waals surface area contributed by atoms with Gasteiger partial charge in [-0.25, -0.2) is 0 Å². The van der Waals surface area contributed by atoms with Crippen molar-refractivity contribution in [1.82, 2.24) is 15.1 Å². The first-order valence-electron chi connectivity index (χ1n) is 13.6. The van der Waals surface area contributed by atoms with E-state index in [4.69, 9.17) is 2.74 Å². The van der Waals surface area contributed by atoms with Crippen LogP contribution < -0.4 is 10.2 Å². The van der Waals surface area contributed by atoms with E-state index in [0.717, 1.165) is 32.7 Å². The highest BCUT2D eigenvalue weighted by atomic mass is 16.2. The maximum absolute atomic E-state index is 13.5. The van der Waals surface area contributed by atoms with E-state index in [2.05, 4.69) is 28.7 Å². The van der Waals surface area contributed by atoms with Crippen LogP contribution in [0, 0.1) is 0 Å². The molecule has 0 aromatic heterocycles. The van der Waals surface area contributed by atoms with Crippen molar-refractivity contribution in [3.63, 3.8) is 0 Å². The summed E-state index contributed by atoms with van der Waals surface area (Å²) in [5, 5.41) is 4.19. The summed E-state index contributed by atoms with van der Waals surface area (Å²) in [6.07, 6.45) is -0.639. The number of piperazine rings is 1. The monoisotopic (exact) mass is 482 g/mol. The predicted octanol–water partition coefficient (Wildman–Crippen LogP) is 3.93. The number of benzene rings is 3. The Labute approximate surface area is 215 Å². The third-order valence-electron chi connectivity index (χ3n) is 7.60. The largest absolute Gasteiger partial charge is 0.329 e. The van der Waals surface area contributed by atoms with Crippen molar-refractivity contribution >= 4 is 28.3 Å². The van der Waals surface area contributed by atoms with Crippen molar-refractivity contribution in [1.29, 1.82) is 0 Å². The molecule has 0 saturated carbocycles. The molecular formula is C30H32N4O2. The van der Waals surface area contributed by atoms with Crippen LogP contribution >= 0.6 is 0 Å². The number of nitrogens with one attached hydrogen (secondary N) is 1. The molecule has 6 nitrogen and oxygen atoms in total. The molecule has 0 bridgehead atoms. The van der Waals surface area contributed by atoms with Gasteiger partial charge in [0.05, 0.1) is 5.69 Å². The summed E-state index contributed by atoms with van der Waals surface area (Å²) in [5.74, 6) is -0.448. The summed E-state index contributed by atoms with van der Waals surface area (Å²) < 4.78 is 18.3. The van der Waals surface area contributed by atoms with E-state index in [9.17, 15) is 9.59 Å². The zero-order valence-corrected chi connectivity index (χ0v) is 20.6. The number of amides is 2. The molecule has 6 rings (SSSR count). The van der Waals surface area contributed by atoms with Crippen LogP contribution in [0.5, 0.6) is 0 Å². The normalized spacial score (nSPS) is 22.1. The highest BCUT2D eigenvalue weighted by molar-refractivity contribution is 6.27. The molecule has 184 valence electrons. The van der Waals surface area contributed by atoms with Gasteiger partial charge in [-0.15, -0.1) is 0 Å². The summed E-state index contributed by atoms with van der Waals surface area (Å²) in [6, 6.07) is 16.2. The molecule has 0 aliphatic carbocycles. The molecular weight excluding hydrogens is 448 g/mol. The highest BCUT2D eigenvalue weighted by Crippen LogP contribution is 2.41. The Morgan fingerprint density at radius 1 is 1.00 bits per heavy atom. The van der Waals surface area contributed by atoms with E-state index in [1.807, 2.05) is 30.3 Å². The number of allylic oxidation sites excluding steroid dienone is 1. The fourth-order valence-corrected chi connectivity index (χ4v) is 5.55. The maximum Gasteiger partial charge on any atom is 0.259 e. The summed E-state index contributed by atoms with van der Waals surface area (Å²) in [5.41, 5.74) is 4.10. The lowest BCUT2D eigenvalue weighted by Gasteiger charge is -2.32. The molecule has 1 N–H and O–H groups in total. The van der Waals surface area contributed by atoms with E-state index in [0.29, 0.717) is 51.7 Å². The third kappa shape index (κ3) is 4.10. The Balaban J connectivity index is 1.32. The number of nitrogens with zero attached hydrogens (tertiary/aromatic N) is 3. The van der Waals surface area contributed by atoms with Gasteiger partial charge in [0.2, 0.25) is 5.91 Å². The van der Waals surface area contributed by atoms with Crippen molar-refractivity contribution in [2.24, 2.45) is 0 Å². The Kier molecular flexibility index (Phi) is 5.28. The standard InChI is InChI=1S/C30H32N4O2/c1-20-6-12-27(29(35)31-20)34-26-13-11-23(24-4-3-5-25(28(24)26)30(34)36)18-21-7-9-22(10-8-21)19-33-16-14-32(2)15-17-33/h3-5,7-11,13,27H,1,6,12,14-19H2,2H3,(H,31,35)/i18D2. The number of carbonyl (C=O) groups excluding carboxylic acids is 2. The van der Waals surface area contributed by atoms with E-state index in [-0.39, 0.29) is 11.8 Å². The summed E-state index contributed by atoms with van der Waals surface area (Å²) >= 11 is 0. The number of rotatable bonds is 5. The van der Waals surface area contributed by atoms with Gasteiger partial charge in [0.25, 0.3) is 5.91 Å². The molecule has 2 saturated heterocycles. The van der Waals surface area contributed by atoms with Crippen LogP contribution in [0.15, 0.2) is 66.9 Å². The fourth-order valence-electron chi connectivity index (χ4n) is 5.55. The molecule has 0 radical (unpaired) electrons. The van der Waals surface area contributed by atoms with Gasteiger partial charge in [-0.1, -0.05) is 49.0 Å². The van der Waals surface area contributed by atoms with Gasteiger partial charge in [0.1, 0.15) is 6.04 Å². The Morgan fingerprint density at radius 3 is 2.50 bits per heavy atom. The molecule has 2 fully saturated rings. The van der Waals surface area contributed by atoms with Crippen molar-refractivity contribution in [3.05, 3.63) is 89.1 Å². The molecule has 1 unspecified atom stereocenters. The predicted molar refractivity (Wildman–Crippen MR) is 143 cm³/mol. The Hall–Kier alpha value is -3.48. The Bertz CT molecular complexity index is 1440. The first-order chi connectivity index (χ1) is 18.2. The molecule has 2 amide bonds. The average molecular weight is 483 g/mol. The molecule has 3 aliphatic heterocycles. The van der Waals surface area contributed by atoms with Crippen LogP contribution in [0.4, 0.5) is 5.69 Å². The number of carbonyl (C=O) groups is 2. The molecule has 0 spiro atoms. The summed E-state index contributed by atoms with van der Waals surface area (Å²) in [4.78, 5) is 32.6. The first-order valence-corrected chi connectivity index (χ1v) is 12.6. The lowest BCUT2D eigenvalue weighted by atomic mass is 9.95. The zero-order chi connectivity index (χ0) is 26.6. The van der Waals surface area contributed by atoms with Crippen LogP contribution in [-0.4, -0.2) is 60.9 Å². The smallest absolute Gasteiger partial charge is 0.259 e. The second-order valence-corrected chi connectivity index (χ2v) is 10.1. The number of likely N-dealkylation sites (N-methyl/N-ethyl adjacent to an activating group) is 1. The van der Waals surface area contributed by atoms with Gasteiger partial charge in [0.15, 0.2) is 0 Å². The van der Waals surface area contributed by atoms with Crippen LogP contribution in [0.3, 0.4) is 0 Å². The van der Waals surface area contributed by atoms with Crippen molar-refractivity contribution in [2.45, 2.75) is 31.8 Å². The van der Waals surface area contributed by atoms with Crippen LogP contribution in [-0.2, 0) is 17.7 Å². The minimum atomic E-state index is -1.76. The van der Waals surface area contributed by atoms with Gasteiger partial charge in [-0.3, -0.25) is 19.4 Å². The second-order valence-electron chi connectivity index (χ2n) is 10.1. The average Bonchev–Trinajstić information content (AvgIpc) is 3.19. The molecule has 1 atom stereocenters. The minimum absolute atomic E-state index is 0.218. The SMILES string of the molecule is [2H]C([2H])(c1ccc(CN2CCN(C)CC2)cc1)c1ccc2c3c(cccc13)C(=O)N2C1CCC(=C)NC1=O.